The quantitative estimate of drug-likeness (QED) is 0.876. The third-order valence-electron chi connectivity index (χ3n) is 2.88. The Kier molecular flexibility index (Phi) is 3.48. The van der Waals surface area contributed by atoms with Gasteiger partial charge in [-0.2, -0.15) is 0 Å². The number of aryl methyl sites for hydroxylation is 1. The van der Waals surface area contributed by atoms with E-state index in [4.69, 9.17) is 5.73 Å². The van der Waals surface area contributed by atoms with Gasteiger partial charge < -0.3 is 5.73 Å². The summed E-state index contributed by atoms with van der Waals surface area (Å²) in [5, 5.41) is 0. The molecule has 100 valence electrons. The first-order valence-corrected chi connectivity index (χ1v) is 7.26. The van der Waals surface area contributed by atoms with Gasteiger partial charge in [0.2, 0.25) is 0 Å². The minimum Gasteiger partial charge on any atom is -0.399 e. The largest absolute Gasteiger partial charge is 0.399 e. The van der Waals surface area contributed by atoms with Crippen LogP contribution in [-0.4, -0.2) is 15.5 Å². The second kappa shape index (κ2) is 4.93. The molecule has 5 heteroatoms. The van der Waals surface area contributed by atoms with Gasteiger partial charge in [0, 0.05) is 12.7 Å². The first-order valence-electron chi connectivity index (χ1n) is 5.82. The maximum Gasteiger partial charge on any atom is 0.264 e. The Labute approximate surface area is 113 Å². The SMILES string of the molecule is Cc1cccc(S(=O)(=O)N(C)c2cccc(N)c2)c1. The maximum atomic E-state index is 12.5. The normalized spacial score (nSPS) is 11.3. The van der Waals surface area contributed by atoms with E-state index in [0.29, 0.717) is 11.4 Å². The molecule has 0 aromatic heterocycles. The van der Waals surface area contributed by atoms with Gasteiger partial charge in [0.25, 0.3) is 10.0 Å². The van der Waals surface area contributed by atoms with Gasteiger partial charge in [-0.25, -0.2) is 8.42 Å². The predicted octanol–water partition coefficient (Wildman–Crippen LogP) is 2.40. The summed E-state index contributed by atoms with van der Waals surface area (Å²) >= 11 is 0. The van der Waals surface area contributed by atoms with Crippen LogP contribution in [0.15, 0.2) is 53.4 Å². The molecule has 0 bridgehead atoms. The highest BCUT2D eigenvalue weighted by atomic mass is 32.2. The van der Waals surface area contributed by atoms with Crippen LogP contribution in [-0.2, 0) is 10.0 Å². The lowest BCUT2D eigenvalue weighted by molar-refractivity contribution is 0.594. The molecule has 0 aliphatic heterocycles. The number of hydrogen-bond acceptors (Lipinski definition) is 3. The molecule has 0 fully saturated rings. The molecule has 0 radical (unpaired) electrons. The standard InChI is InChI=1S/C14H16N2O2S/c1-11-5-3-8-14(9-11)19(17,18)16(2)13-7-4-6-12(15)10-13/h3-10H,15H2,1-2H3. The number of sulfonamides is 1. The molecule has 2 aromatic carbocycles. The lowest BCUT2D eigenvalue weighted by Gasteiger charge is -2.20. The van der Waals surface area contributed by atoms with E-state index in [1.54, 1.807) is 42.5 Å². The molecular formula is C14H16N2O2S. The molecule has 2 rings (SSSR count). The van der Waals surface area contributed by atoms with Crippen molar-refractivity contribution in [3.63, 3.8) is 0 Å². The van der Waals surface area contributed by atoms with E-state index in [9.17, 15) is 8.42 Å². The second-order valence-corrected chi connectivity index (χ2v) is 6.35. The summed E-state index contributed by atoms with van der Waals surface area (Å²) in [5.74, 6) is 0. The second-order valence-electron chi connectivity index (χ2n) is 4.38. The zero-order chi connectivity index (χ0) is 14.0. The third-order valence-corrected chi connectivity index (χ3v) is 4.66. The Morgan fingerprint density at radius 1 is 1.05 bits per heavy atom. The van der Waals surface area contributed by atoms with Crippen LogP contribution in [0.2, 0.25) is 0 Å². The van der Waals surface area contributed by atoms with E-state index in [2.05, 4.69) is 0 Å². The molecule has 0 heterocycles. The minimum absolute atomic E-state index is 0.275. The number of benzene rings is 2. The van der Waals surface area contributed by atoms with E-state index in [0.717, 1.165) is 5.56 Å². The highest BCUT2D eigenvalue weighted by Gasteiger charge is 2.21. The number of nitrogens with two attached hydrogens (primary N) is 1. The highest BCUT2D eigenvalue weighted by molar-refractivity contribution is 7.92. The van der Waals surface area contributed by atoms with E-state index in [1.807, 2.05) is 13.0 Å². The van der Waals surface area contributed by atoms with Crippen molar-refractivity contribution in [3.8, 4) is 0 Å². The Hall–Kier alpha value is -2.01. The zero-order valence-electron chi connectivity index (χ0n) is 10.9. The molecule has 0 amide bonds. The Bertz CT molecular complexity index is 696. The van der Waals surface area contributed by atoms with Crippen LogP contribution in [0.25, 0.3) is 0 Å². The molecule has 0 aliphatic rings. The first-order chi connectivity index (χ1) is 8.91. The maximum absolute atomic E-state index is 12.5. The Morgan fingerprint density at radius 3 is 2.37 bits per heavy atom. The number of rotatable bonds is 3. The van der Waals surface area contributed by atoms with E-state index >= 15 is 0 Å². The average Bonchev–Trinajstić information content (AvgIpc) is 2.38. The molecular weight excluding hydrogens is 260 g/mol. The molecule has 0 saturated heterocycles. The molecule has 0 unspecified atom stereocenters. The predicted molar refractivity (Wildman–Crippen MR) is 77.6 cm³/mol. The van der Waals surface area contributed by atoms with Crippen LogP contribution >= 0.6 is 0 Å². The highest BCUT2D eigenvalue weighted by Crippen LogP contribution is 2.23. The number of hydrogen-bond donors (Lipinski definition) is 1. The van der Waals surface area contributed by atoms with Crippen LogP contribution in [0.4, 0.5) is 11.4 Å². The topological polar surface area (TPSA) is 63.4 Å². The minimum atomic E-state index is -3.55. The Morgan fingerprint density at radius 2 is 1.74 bits per heavy atom. The van der Waals surface area contributed by atoms with E-state index in [-0.39, 0.29) is 4.90 Å². The van der Waals surface area contributed by atoms with Crippen LogP contribution in [0.1, 0.15) is 5.56 Å². The van der Waals surface area contributed by atoms with Crippen molar-refractivity contribution in [1.82, 2.24) is 0 Å². The number of nitrogens with zero attached hydrogens (tertiary/aromatic N) is 1. The van der Waals surface area contributed by atoms with Gasteiger partial charge in [-0.1, -0.05) is 18.2 Å². The summed E-state index contributed by atoms with van der Waals surface area (Å²) in [5.41, 5.74) is 7.66. The number of nitrogen functional groups attached to an aromatic ring is 1. The van der Waals surface area contributed by atoms with Crippen molar-refractivity contribution in [1.29, 1.82) is 0 Å². The van der Waals surface area contributed by atoms with Crippen molar-refractivity contribution in [2.75, 3.05) is 17.1 Å². The van der Waals surface area contributed by atoms with Gasteiger partial charge in [-0.3, -0.25) is 4.31 Å². The summed E-state index contributed by atoms with van der Waals surface area (Å²) in [6, 6.07) is 13.6. The Balaban J connectivity index is 2.45. The van der Waals surface area contributed by atoms with Crippen molar-refractivity contribution >= 4 is 21.4 Å². The smallest absolute Gasteiger partial charge is 0.264 e. The van der Waals surface area contributed by atoms with Crippen LogP contribution in [0, 0.1) is 6.92 Å². The van der Waals surface area contributed by atoms with Gasteiger partial charge in [0.15, 0.2) is 0 Å². The fourth-order valence-corrected chi connectivity index (χ4v) is 3.09. The van der Waals surface area contributed by atoms with Gasteiger partial charge in [0.05, 0.1) is 10.6 Å². The van der Waals surface area contributed by atoms with Crippen molar-refractivity contribution in [2.24, 2.45) is 0 Å². The molecule has 19 heavy (non-hydrogen) atoms. The summed E-state index contributed by atoms with van der Waals surface area (Å²) in [7, 11) is -2.03. The van der Waals surface area contributed by atoms with Crippen LogP contribution in [0.5, 0.6) is 0 Å². The summed E-state index contributed by atoms with van der Waals surface area (Å²) in [6.45, 7) is 1.86. The lowest BCUT2D eigenvalue weighted by atomic mass is 10.2. The summed E-state index contributed by atoms with van der Waals surface area (Å²) < 4.78 is 26.2. The van der Waals surface area contributed by atoms with Gasteiger partial charge in [0.1, 0.15) is 0 Å². The van der Waals surface area contributed by atoms with Gasteiger partial charge in [-0.05, 0) is 42.8 Å². The molecule has 0 atom stereocenters. The average molecular weight is 276 g/mol. The van der Waals surface area contributed by atoms with Gasteiger partial charge >= 0.3 is 0 Å². The fourth-order valence-electron chi connectivity index (χ4n) is 1.79. The summed E-state index contributed by atoms with van der Waals surface area (Å²) in [6.07, 6.45) is 0. The third kappa shape index (κ3) is 2.71. The summed E-state index contributed by atoms with van der Waals surface area (Å²) in [4.78, 5) is 0.275. The fraction of sp³-hybridized carbons (Fsp3) is 0.143. The number of anilines is 2. The van der Waals surface area contributed by atoms with E-state index < -0.39 is 10.0 Å². The van der Waals surface area contributed by atoms with E-state index in [1.165, 1.54) is 11.4 Å². The molecule has 2 aromatic rings. The lowest BCUT2D eigenvalue weighted by Crippen LogP contribution is -2.26. The zero-order valence-corrected chi connectivity index (χ0v) is 11.7. The molecule has 0 spiro atoms. The molecule has 4 nitrogen and oxygen atoms in total. The van der Waals surface area contributed by atoms with Crippen molar-refractivity contribution in [2.45, 2.75) is 11.8 Å². The van der Waals surface area contributed by atoms with Crippen molar-refractivity contribution < 1.29 is 8.42 Å². The molecule has 0 saturated carbocycles. The molecule has 0 aliphatic carbocycles. The monoisotopic (exact) mass is 276 g/mol. The van der Waals surface area contributed by atoms with Crippen molar-refractivity contribution in [3.05, 3.63) is 54.1 Å². The van der Waals surface area contributed by atoms with Crippen LogP contribution in [0.3, 0.4) is 0 Å². The first kappa shape index (κ1) is 13.4. The van der Waals surface area contributed by atoms with Gasteiger partial charge in [-0.15, -0.1) is 0 Å². The molecule has 2 N–H and O–H groups in total. The van der Waals surface area contributed by atoms with Crippen LogP contribution < -0.4 is 10.0 Å².